The van der Waals surface area contributed by atoms with Gasteiger partial charge >= 0.3 is 5.97 Å². The number of hydrogen-bond donors (Lipinski definition) is 1. The molecule has 3 rings (SSSR count). The van der Waals surface area contributed by atoms with Crippen LogP contribution in [-0.4, -0.2) is 68.9 Å². The molecule has 154 valence electrons. The average molecular weight is 390 g/mol. The minimum Gasteiger partial charge on any atom is -0.497 e. The predicted octanol–water partition coefficient (Wildman–Crippen LogP) is 2.00. The molecular weight excluding hydrogens is 360 g/mol. The van der Waals surface area contributed by atoms with Crippen molar-refractivity contribution in [1.82, 2.24) is 10.2 Å². The molecule has 0 aromatic heterocycles. The highest BCUT2D eigenvalue weighted by molar-refractivity contribution is 5.91. The van der Waals surface area contributed by atoms with Crippen molar-refractivity contribution in [3.8, 4) is 5.75 Å². The molecule has 0 atom stereocenters. The fraction of sp³-hybridized carbons (Fsp3) is 0.619. The first-order valence-corrected chi connectivity index (χ1v) is 10.0. The molecule has 1 aliphatic heterocycles. The van der Waals surface area contributed by atoms with Gasteiger partial charge in [0, 0.05) is 25.2 Å². The molecule has 1 saturated carbocycles. The first kappa shape index (κ1) is 20.6. The molecular formula is C21H30N2O5. The lowest BCUT2D eigenvalue weighted by molar-refractivity contribution is -0.125. The standard InChI is InChI=1S/C21H30N2O5/c1-26-18-7-5-17(6-8-18)20(25)28-15-19(24)22-16-21(9-3-2-4-10-21)23-11-13-27-14-12-23/h5-8H,2-4,9-16H2,1H3,(H,22,24). The topological polar surface area (TPSA) is 77.1 Å². The van der Waals surface area contributed by atoms with E-state index in [-0.39, 0.29) is 18.1 Å². The highest BCUT2D eigenvalue weighted by Gasteiger charge is 2.38. The van der Waals surface area contributed by atoms with E-state index in [1.165, 1.54) is 19.3 Å². The maximum absolute atomic E-state index is 12.3. The van der Waals surface area contributed by atoms with Crippen LogP contribution in [0.1, 0.15) is 42.5 Å². The van der Waals surface area contributed by atoms with Crippen molar-refractivity contribution in [1.29, 1.82) is 0 Å². The van der Waals surface area contributed by atoms with Crippen LogP contribution in [0.3, 0.4) is 0 Å². The van der Waals surface area contributed by atoms with Gasteiger partial charge in [0.25, 0.3) is 5.91 Å². The van der Waals surface area contributed by atoms with Crippen molar-refractivity contribution in [3.05, 3.63) is 29.8 Å². The van der Waals surface area contributed by atoms with Crippen LogP contribution in [0.15, 0.2) is 24.3 Å². The van der Waals surface area contributed by atoms with Crippen LogP contribution in [0.2, 0.25) is 0 Å². The molecule has 0 spiro atoms. The molecule has 2 aliphatic rings. The van der Waals surface area contributed by atoms with E-state index in [0.29, 0.717) is 17.9 Å². The van der Waals surface area contributed by atoms with E-state index in [9.17, 15) is 9.59 Å². The van der Waals surface area contributed by atoms with E-state index >= 15 is 0 Å². The molecule has 1 aliphatic carbocycles. The first-order chi connectivity index (χ1) is 13.6. The number of nitrogens with one attached hydrogen (secondary N) is 1. The molecule has 0 radical (unpaired) electrons. The molecule has 1 N–H and O–H groups in total. The number of amides is 1. The molecule has 7 nitrogen and oxygen atoms in total. The van der Waals surface area contributed by atoms with Gasteiger partial charge in [-0.25, -0.2) is 4.79 Å². The van der Waals surface area contributed by atoms with Gasteiger partial charge in [-0.1, -0.05) is 19.3 Å². The largest absolute Gasteiger partial charge is 0.497 e. The second kappa shape index (κ2) is 9.89. The van der Waals surface area contributed by atoms with Gasteiger partial charge in [-0.15, -0.1) is 0 Å². The van der Waals surface area contributed by atoms with Crippen molar-refractivity contribution in [2.45, 2.75) is 37.6 Å². The Balaban J connectivity index is 1.49. The van der Waals surface area contributed by atoms with Crippen molar-refractivity contribution in [2.24, 2.45) is 0 Å². The van der Waals surface area contributed by atoms with Crippen LogP contribution in [0.4, 0.5) is 0 Å². The SMILES string of the molecule is COc1ccc(C(=O)OCC(=O)NCC2(N3CCOCC3)CCCCC2)cc1. The summed E-state index contributed by atoms with van der Waals surface area (Å²) in [7, 11) is 1.56. The maximum atomic E-state index is 12.3. The minimum atomic E-state index is -0.515. The normalized spacial score (nSPS) is 19.6. The number of ether oxygens (including phenoxy) is 3. The monoisotopic (exact) mass is 390 g/mol. The number of carbonyl (C=O) groups is 2. The van der Waals surface area contributed by atoms with Crippen LogP contribution in [0.25, 0.3) is 0 Å². The third kappa shape index (κ3) is 5.23. The summed E-state index contributed by atoms with van der Waals surface area (Å²) in [5.74, 6) is -0.117. The van der Waals surface area contributed by atoms with Crippen molar-refractivity contribution in [3.63, 3.8) is 0 Å². The molecule has 1 amide bonds. The zero-order valence-electron chi connectivity index (χ0n) is 16.6. The zero-order chi connectivity index (χ0) is 19.8. The van der Waals surface area contributed by atoms with Crippen molar-refractivity contribution in [2.75, 3.05) is 46.6 Å². The number of carbonyl (C=O) groups excluding carboxylic acids is 2. The third-order valence-corrected chi connectivity index (χ3v) is 5.74. The minimum absolute atomic E-state index is 0.00230. The van der Waals surface area contributed by atoms with Crippen LogP contribution in [0, 0.1) is 0 Å². The molecule has 1 saturated heterocycles. The Hall–Kier alpha value is -2.12. The fourth-order valence-electron chi connectivity index (χ4n) is 4.11. The molecule has 1 aromatic carbocycles. The number of rotatable bonds is 7. The van der Waals surface area contributed by atoms with Gasteiger partial charge in [-0.05, 0) is 37.1 Å². The maximum Gasteiger partial charge on any atom is 0.338 e. The Labute approximate surface area is 166 Å². The lowest BCUT2D eigenvalue weighted by atomic mass is 9.79. The number of methoxy groups -OCH3 is 1. The summed E-state index contributed by atoms with van der Waals surface area (Å²) in [6.45, 7) is 3.62. The fourth-order valence-corrected chi connectivity index (χ4v) is 4.11. The van der Waals surface area contributed by atoms with Gasteiger partial charge in [0.05, 0.1) is 25.9 Å². The second-order valence-corrected chi connectivity index (χ2v) is 7.47. The Morgan fingerprint density at radius 2 is 1.79 bits per heavy atom. The average Bonchev–Trinajstić information content (AvgIpc) is 2.77. The molecule has 1 heterocycles. The smallest absolute Gasteiger partial charge is 0.338 e. The number of benzene rings is 1. The Kier molecular flexibility index (Phi) is 7.28. The van der Waals surface area contributed by atoms with Gasteiger partial charge < -0.3 is 19.5 Å². The first-order valence-electron chi connectivity index (χ1n) is 10.0. The lowest BCUT2D eigenvalue weighted by Crippen LogP contribution is -2.59. The summed E-state index contributed by atoms with van der Waals surface area (Å²) < 4.78 is 15.7. The molecule has 0 unspecified atom stereocenters. The predicted molar refractivity (Wildman–Crippen MR) is 104 cm³/mol. The molecule has 1 aromatic rings. The number of nitrogens with zero attached hydrogens (tertiary/aromatic N) is 1. The van der Waals surface area contributed by atoms with Gasteiger partial charge in [0.2, 0.25) is 0 Å². The number of esters is 1. The van der Waals surface area contributed by atoms with E-state index in [4.69, 9.17) is 14.2 Å². The highest BCUT2D eigenvalue weighted by atomic mass is 16.5. The Morgan fingerprint density at radius 1 is 1.11 bits per heavy atom. The van der Waals surface area contributed by atoms with Gasteiger partial charge in [-0.3, -0.25) is 9.69 Å². The summed E-state index contributed by atoms with van der Waals surface area (Å²) in [5, 5.41) is 3.00. The lowest BCUT2D eigenvalue weighted by Gasteiger charge is -2.48. The summed E-state index contributed by atoms with van der Waals surface area (Å²) in [4.78, 5) is 26.9. The van der Waals surface area contributed by atoms with Crippen LogP contribution in [-0.2, 0) is 14.3 Å². The number of hydrogen-bond acceptors (Lipinski definition) is 6. The highest BCUT2D eigenvalue weighted by Crippen LogP contribution is 2.33. The van der Waals surface area contributed by atoms with E-state index < -0.39 is 5.97 Å². The van der Waals surface area contributed by atoms with E-state index in [1.54, 1.807) is 31.4 Å². The van der Waals surface area contributed by atoms with Gasteiger partial charge in [-0.2, -0.15) is 0 Å². The molecule has 28 heavy (non-hydrogen) atoms. The number of morpholine rings is 1. The Bertz CT molecular complexity index is 649. The zero-order valence-corrected chi connectivity index (χ0v) is 16.6. The van der Waals surface area contributed by atoms with Crippen LogP contribution in [0.5, 0.6) is 5.75 Å². The second-order valence-electron chi connectivity index (χ2n) is 7.47. The quantitative estimate of drug-likeness (QED) is 0.718. The van der Waals surface area contributed by atoms with E-state index in [0.717, 1.165) is 39.1 Å². The van der Waals surface area contributed by atoms with E-state index in [2.05, 4.69) is 10.2 Å². The summed E-state index contributed by atoms with van der Waals surface area (Å²) in [5.41, 5.74) is 0.392. The molecule has 7 heteroatoms. The van der Waals surface area contributed by atoms with Crippen LogP contribution >= 0.6 is 0 Å². The van der Waals surface area contributed by atoms with E-state index in [1.807, 2.05) is 0 Å². The van der Waals surface area contributed by atoms with Gasteiger partial charge in [0.15, 0.2) is 6.61 Å². The van der Waals surface area contributed by atoms with Gasteiger partial charge in [0.1, 0.15) is 5.75 Å². The summed E-state index contributed by atoms with van der Waals surface area (Å²) >= 11 is 0. The molecule has 2 fully saturated rings. The van der Waals surface area contributed by atoms with Crippen molar-refractivity contribution >= 4 is 11.9 Å². The van der Waals surface area contributed by atoms with Crippen LogP contribution < -0.4 is 10.1 Å². The summed E-state index contributed by atoms with van der Waals surface area (Å²) in [6.07, 6.45) is 5.77. The molecule has 0 bridgehead atoms. The third-order valence-electron chi connectivity index (χ3n) is 5.74. The summed E-state index contributed by atoms with van der Waals surface area (Å²) in [6, 6.07) is 6.61. The Morgan fingerprint density at radius 3 is 2.43 bits per heavy atom. The van der Waals surface area contributed by atoms with Crippen molar-refractivity contribution < 1.29 is 23.8 Å².